The molecule has 1 aliphatic rings. The van der Waals surface area contributed by atoms with E-state index < -0.39 is 0 Å². The second-order valence-corrected chi connectivity index (χ2v) is 3.90. The Morgan fingerprint density at radius 2 is 2.50 bits per heavy atom. The first-order valence-corrected chi connectivity index (χ1v) is 5.00. The van der Waals surface area contributed by atoms with E-state index >= 15 is 0 Å². The summed E-state index contributed by atoms with van der Waals surface area (Å²) in [5.41, 5.74) is 0. The number of hydrogen-bond acceptors (Lipinski definition) is 1. The summed E-state index contributed by atoms with van der Waals surface area (Å²) in [6.45, 7) is 7.38. The first-order valence-electron chi connectivity index (χ1n) is 3.84. The van der Waals surface area contributed by atoms with Crippen LogP contribution in [0.5, 0.6) is 0 Å². The monoisotopic (exact) mass is 155 g/mol. The van der Waals surface area contributed by atoms with Crippen molar-refractivity contribution in [1.82, 2.24) is 0 Å². The Hall–Kier alpha value is -0.160. The van der Waals surface area contributed by atoms with Gasteiger partial charge in [-0.25, -0.2) is 6.57 Å². The van der Waals surface area contributed by atoms with Crippen LogP contribution in [-0.4, -0.2) is 18.1 Å². The van der Waals surface area contributed by atoms with Gasteiger partial charge in [-0.2, -0.15) is 11.8 Å². The summed E-state index contributed by atoms with van der Waals surface area (Å²) in [6.07, 6.45) is 3.87. The SMILES string of the molecule is [C-]#[N+]CCC1CCCSC1. The fourth-order valence-electron chi connectivity index (χ4n) is 1.28. The van der Waals surface area contributed by atoms with E-state index in [1.165, 1.54) is 24.3 Å². The maximum absolute atomic E-state index is 6.64. The van der Waals surface area contributed by atoms with Crippen LogP contribution < -0.4 is 0 Å². The Bertz CT molecular complexity index is 122. The van der Waals surface area contributed by atoms with E-state index in [2.05, 4.69) is 16.6 Å². The maximum atomic E-state index is 6.64. The van der Waals surface area contributed by atoms with Gasteiger partial charge in [-0.15, -0.1) is 0 Å². The van der Waals surface area contributed by atoms with Crippen molar-refractivity contribution in [3.05, 3.63) is 11.4 Å². The maximum Gasteiger partial charge on any atom is 0.215 e. The van der Waals surface area contributed by atoms with Crippen molar-refractivity contribution in [2.24, 2.45) is 5.92 Å². The van der Waals surface area contributed by atoms with E-state index in [1.807, 2.05) is 0 Å². The van der Waals surface area contributed by atoms with Crippen LogP contribution >= 0.6 is 11.8 Å². The van der Waals surface area contributed by atoms with Crippen molar-refractivity contribution in [2.75, 3.05) is 18.1 Å². The Morgan fingerprint density at radius 1 is 1.60 bits per heavy atom. The van der Waals surface area contributed by atoms with Crippen molar-refractivity contribution >= 4 is 11.8 Å². The minimum absolute atomic E-state index is 0.741. The van der Waals surface area contributed by atoms with Crippen LogP contribution in [0, 0.1) is 12.5 Å². The molecule has 56 valence electrons. The van der Waals surface area contributed by atoms with Crippen LogP contribution in [0.4, 0.5) is 0 Å². The van der Waals surface area contributed by atoms with Crippen LogP contribution in [0.1, 0.15) is 19.3 Å². The van der Waals surface area contributed by atoms with Gasteiger partial charge in [0.25, 0.3) is 0 Å². The first kappa shape index (κ1) is 7.94. The largest absolute Gasteiger partial charge is 0.317 e. The highest BCUT2D eigenvalue weighted by molar-refractivity contribution is 7.99. The van der Waals surface area contributed by atoms with Crippen LogP contribution in [0.2, 0.25) is 0 Å². The van der Waals surface area contributed by atoms with Gasteiger partial charge in [0.2, 0.25) is 6.54 Å². The van der Waals surface area contributed by atoms with Gasteiger partial charge in [0.05, 0.1) is 0 Å². The number of nitrogens with zero attached hydrogens (tertiary/aromatic N) is 1. The molecule has 0 aromatic rings. The molecule has 1 atom stereocenters. The number of rotatable bonds is 2. The quantitative estimate of drug-likeness (QED) is 0.554. The molecule has 0 spiro atoms. The highest BCUT2D eigenvalue weighted by atomic mass is 32.2. The molecule has 0 bridgehead atoms. The summed E-state index contributed by atoms with van der Waals surface area (Å²) in [5, 5.41) is 0. The molecule has 0 aliphatic carbocycles. The molecule has 0 radical (unpaired) electrons. The average molecular weight is 155 g/mol. The molecule has 1 rings (SSSR count). The van der Waals surface area contributed by atoms with E-state index in [0.29, 0.717) is 0 Å². The minimum Gasteiger partial charge on any atom is -0.317 e. The molecule has 0 aromatic carbocycles. The normalized spacial score (nSPS) is 25.7. The molecule has 1 fully saturated rings. The van der Waals surface area contributed by atoms with E-state index in [0.717, 1.165) is 18.9 Å². The molecule has 0 amide bonds. The Morgan fingerprint density at radius 3 is 3.10 bits per heavy atom. The first-order chi connectivity index (χ1) is 4.93. The number of hydrogen-bond donors (Lipinski definition) is 0. The van der Waals surface area contributed by atoms with Crippen molar-refractivity contribution in [2.45, 2.75) is 19.3 Å². The van der Waals surface area contributed by atoms with Gasteiger partial charge in [0.15, 0.2) is 0 Å². The lowest BCUT2D eigenvalue weighted by molar-refractivity contribution is 0.503. The summed E-state index contributed by atoms with van der Waals surface area (Å²) in [4.78, 5) is 3.37. The third kappa shape index (κ3) is 2.62. The van der Waals surface area contributed by atoms with Gasteiger partial charge in [-0.3, -0.25) is 0 Å². The molecule has 1 aliphatic heterocycles. The molecular formula is C8H13NS. The number of thioether (sulfide) groups is 1. The third-order valence-electron chi connectivity index (χ3n) is 1.90. The highest BCUT2D eigenvalue weighted by Crippen LogP contribution is 2.24. The zero-order chi connectivity index (χ0) is 7.23. The van der Waals surface area contributed by atoms with E-state index in [4.69, 9.17) is 6.57 Å². The second kappa shape index (κ2) is 4.62. The predicted molar refractivity (Wildman–Crippen MR) is 46.1 cm³/mol. The summed E-state index contributed by atoms with van der Waals surface area (Å²) in [5.74, 6) is 3.50. The van der Waals surface area contributed by atoms with Crippen LogP contribution in [-0.2, 0) is 0 Å². The summed E-state index contributed by atoms with van der Waals surface area (Å²) in [6, 6.07) is 0. The molecule has 0 saturated carbocycles. The third-order valence-corrected chi connectivity index (χ3v) is 3.19. The van der Waals surface area contributed by atoms with Gasteiger partial charge >= 0.3 is 0 Å². The molecule has 1 unspecified atom stereocenters. The van der Waals surface area contributed by atoms with Gasteiger partial charge < -0.3 is 4.85 Å². The lowest BCUT2D eigenvalue weighted by Gasteiger charge is -2.18. The molecule has 1 saturated heterocycles. The molecule has 0 N–H and O–H groups in total. The van der Waals surface area contributed by atoms with E-state index in [1.54, 1.807) is 0 Å². The smallest absolute Gasteiger partial charge is 0.215 e. The van der Waals surface area contributed by atoms with Gasteiger partial charge in [-0.05, 0) is 30.3 Å². The molecule has 1 heterocycles. The van der Waals surface area contributed by atoms with Crippen molar-refractivity contribution in [1.29, 1.82) is 0 Å². The predicted octanol–water partition coefficient (Wildman–Crippen LogP) is 2.44. The van der Waals surface area contributed by atoms with Crippen molar-refractivity contribution < 1.29 is 0 Å². The molecule has 0 aromatic heterocycles. The van der Waals surface area contributed by atoms with Crippen LogP contribution in [0.3, 0.4) is 0 Å². The highest BCUT2D eigenvalue weighted by Gasteiger charge is 2.13. The summed E-state index contributed by atoms with van der Waals surface area (Å²) < 4.78 is 0. The van der Waals surface area contributed by atoms with Gasteiger partial charge in [0.1, 0.15) is 0 Å². The summed E-state index contributed by atoms with van der Waals surface area (Å²) >= 11 is 2.05. The van der Waals surface area contributed by atoms with Crippen LogP contribution in [0.15, 0.2) is 0 Å². The Labute approximate surface area is 67.0 Å². The van der Waals surface area contributed by atoms with Gasteiger partial charge in [0, 0.05) is 6.42 Å². The van der Waals surface area contributed by atoms with Crippen molar-refractivity contribution in [3.8, 4) is 0 Å². The minimum atomic E-state index is 0.741. The van der Waals surface area contributed by atoms with Crippen LogP contribution in [0.25, 0.3) is 4.85 Å². The van der Waals surface area contributed by atoms with E-state index in [9.17, 15) is 0 Å². The van der Waals surface area contributed by atoms with E-state index in [-0.39, 0.29) is 0 Å². The van der Waals surface area contributed by atoms with Crippen molar-refractivity contribution in [3.63, 3.8) is 0 Å². The Kier molecular flexibility index (Phi) is 3.67. The fourth-order valence-corrected chi connectivity index (χ4v) is 2.49. The zero-order valence-electron chi connectivity index (χ0n) is 6.18. The summed E-state index contributed by atoms with van der Waals surface area (Å²) in [7, 11) is 0. The topological polar surface area (TPSA) is 4.36 Å². The molecule has 10 heavy (non-hydrogen) atoms. The molecular weight excluding hydrogens is 142 g/mol. The lowest BCUT2D eigenvalue weighted by Crippen LogP contribution is -2.10. The average Bonchev–Trinajstić information content (AvgIpc) is 2.03. The standard InChI is InChI=1S/C8H13NS/c1-9-5-4-8-3-2-6-10-7-8/h8H,2-7H2. The lowest BCUT2D eigenvalue weighted by atomic mass is 10.0. The molecule has 2 heteroatoms. The fraction of sp³-hybridized carbons (Fsp3) is 0.875. The zero-order valence-corrected chi connectivity index (χ0v) is 6.99. The second-order valence-electron chi connectivity index (χ2n) is 2.75. The molecule has 1 nitrogen and oxygen atoms in total. The Balaban J connectivity index is 2.09. The van der Waals surface area contributed by atoms with Gasteiger partial charge in [-0.1, -0.05) is 0 Å².